The van der Waals surface area contributed by atoms with E-state index in [0.717, 1.165) is 29.8 Å². The third kappa shape index (κ3) is 3.97. The topological polar surface area (TPSA) is 47.8 Å². The molecule has 3 rings (SSSR count). The molecule has 4 nitrogen and oxygen atoms in total. The zero-order chi connectivity index (χ0) is 17.3. The van der Waals surface area contributed by atoms with Crippen molar-refractivity contribution in [2.45, 2.75) is 71.8 Å². The van der Waals surface area contributed by atoms with E-state index in [1.807, 2.05) is 6.07 Å². The summed E-state index contributed by atoms with van der Waals surface area (Å²) in [4.78, 5) is 21.3. The van der Waals surface area contributed by atoms with E-state index in [1.165, 1.54) is 19.3 Å². The summed E-state index contributed by atoms with van der Waals surface area (Å²) < 4.78 is 2.28. The largest absolute Gasteiger partial charge is 0.310 e. The Bertz CT molecular complexity index is 741. The van der Waals surface area contributed by atoms with Crippen LogP contribution in [0.2, 0.25) is 5.02 Å². The van der Waals surface area contributed by atoms with Gasteiger partial charge in [-0.25, -0.2) is 9.97 Å². The van der Waals surface area contributed by atoms with Crippen LogP contribution in [0, 0.1) is 5.41 Å². The maximum Gasteiger partial charge on any atom is 0.160 e. The average Bonchev–Trinajstić information content (AvgIpc) is 2.72. The number of aryl methyl sites for hydroxylation is 1. The number of pyridine rings is 1. The molecule has 0 spiro atoms. The molecule has 2 aromatic heterocycles. The molecule has 0 N–H and O–H groups in total. The van der Waals surface area contributed by atoms with Crippen LogP contribution < -0.4 is 0 Å². The number of hydrogen-bond acceptors (Lipinski definition) is 3. The predicted octanol–water partition coefficient (Wildman–Crippen LogP) is 5.14. The minimum Gasteiger partial charge on any atom is -0.310 e. The quantitative estimate of drug-likeness (QED) is 0.727. The van der Waals surface area contributed by atoms with Crippen LogP contribution in [0.3, 0.4) is 0 Å². The minimum absolute atomic E-state index is 0.0663. The highest BCUT2D eigenvalue weighted by molar-refractivity contribution is 6.31. The number of hydrogen-bond donors (Lipinski definition) is 0. The van der Waals surface area contributed by atoms with Gasteiger partial charge in [0.25, 0.3) is 0 Å². The van der Waals surface area contributed by atoms with Crippen LogP contribution >= 0.6 is 11.6 Å². The summed E-state index contributed by atoms with van der Waals surface area (Å²) in [6.45, 7) is 6.32. The van der Waals surface area contributed by atoms with Crippen molar-refractivity contribution in [3.05, 3.63) is 23.1 Å². The first-order valence-electron chi connectivity index (χ1n) is 8.87. The Morgan fingerprint density at radius 1 is 1.38 bits per heavy atom. The summed E-state index contributed by atoms with van der Waals surface area (Å²) >= 11 is 6.06. The van der Waals surface area contributed by atoms with E-state index in [4.69, 9.17) is 16.6 Å². The van der Waals surface area contributed by atoms with Crippen molar-refractivity contribution in [2.75, 3.05) is 0 Å². The first kappa shape index (κ1) is 17.4. The molecule has 24 heavy (non-hydrogen) atoms. The number of aromatic nitrogens is 3. The van der Waals surface area contributed by atoms with E-state index >= 15 is 0 Å². The Balaban J connectivity index is 1.73. The lowest BCUT2D eigenvalue weighted by molar-refractivity contribution is -0.120. The number of carbonyl (C=O) groups is 1. The molecule has 1 fully saturated rings. The van der Waals surface area contributed by atoms with Crippen LogP contribution in [0.25, 0.3) is 11.2 Å². The second kappa shape index (κ2) is 6.83. The van der Waals surface area contributed by atoms with Crippen LogP contribution in [0.4, 0.5) is 0 Å². The summed E-state index contributed by atoms with van der Waals surface area (Å²) in [5.74, 6) is 1.39. The van der Waals surface area contributed by atoms with E-state index in [9.17, 15) is 4.79 Å². The van der Waals surface area contributed by atoms with Crippen molar-refractivity contribution < 1.29 is 4.79 Å². The molecule has 0 radical (unpaired) electrons. The van der Waals surface area contributed by atoms with Crippen LogP contribution in [0.5, 0.6) is 0 Å². The van der Waals surface area contributed by atoms with Gasteiger partial charge >= 0.3 is 0 Å². The van der Waals surface area contributed by atoms with Crippen molar-refractivity contribution in [1.29, 1.82) is 0 Å². The van der Waals surface area contributed by atoms with Crippen LogP contribution in [0.1, 0.15) is 71.2 Å². The number of nitrogens with zero attached hydrogens (tertiary/aromatic N) is 3. The van der Waals surface area contributed by atoms with Crippen molar-refractivity contribution in [3.63, 3.8) is 0 Å². The van der Waals surface area contributed by atoms with Crippen molar-refractivity contribution in [2.24, 2.45) is 5.41 Å². The van der Waals surface area contributed by atoms with Gasteiger partial charge in [0.2, 0.25) is 0 Å². The Labute approximate surface area is 148 Å². The molecule has 0 bridgehead atoms. The maximum atomic E-state index is 12.1. The van der Waals surface area contributed by atoms with Gasteiger partial charge in [-0.1, -0.05) is 32.4 Å². The molecule has 0 aromatic carbocycles. The fourth-order valence-corrected chi connectivity index (χ4v) is 3.49. The highest BCUT2D eigenvalue weighted by atomic mass is 35.5. The summed E-state index contributed by atoms with van der Waals surface area (Å²) in [5.41, 5.74) is 1.86. The Kier molecular flexibility index (Phi) is 4.95. The smallest absolute Gasteiger partial charge is 0.160 e. The Hall–Kier alpha value is -1.42. The van der Waals surface area contributed by atoms with E-state index in [2.05, 4.69) is 30.3 Å². The highest BCUT2D eigenvalue weighted by Gasteiger charge is 2.25. The van der Waals surface area contributed by atoms with Crippen molar-refractivity contribution in [3.8, 4) is 0 Å². The molecular formula is C19H26ClN3O. The van der Waals surface area contributed by atoms with Gasteiger partial charge in [0.1, 0.15) is 17.1 Å². The molecule has 1 aliphatic carbocycles. The summed E-state index contributed by atoms with van der Waals surface area (Å²) in [6, 6.07) is 2.39. The zero-order valence-corrected chi connectivity index (χ0v) is 15.6. The molecule has 1 aliphatic rings. The van der Waals surface area contributed by atoms with E-state index < -0.39 is 0 Å². The van der Waals surface area contributed by atoms with E-state index in [0.29, 0.717) is 29.7 Å². The number of ketones is 1. The third-order valence-corrected chi connectivity index (χ3v) is 4.80. The number of halogens is 1. The second-order valence-electron chi connectivity index (χ2n) is 8.11. The molecule has 2 aromatic rings. The summed E-state index contributed by atoms with van der Waals surface area (Å²) in [7, 11) is 0. The van der Waals surface area contributed by atoms with Gasteiger partial charge in [0.15, 0.2) is 5.65 Å². The average molecular weight is 348 g/mol. The van der Waals surface area contributed by atoms with Gasteiger partial charge in [0, 0.05) is 31.5 Å². The van der Waals surface area contributed by atoms with Gasteiger partial charge in [-0.05, 0) is 37.2 Å². The Morgan fingerprint density at radius 2 is 2.12 bits per heavy atom. The van der Waals surface area contributed by atoms with Crippen molar-refractivity contribution in [1.82, 2.24) is 14.5 Å². The summed E-state index contributed by atoms with van der Waals surface area (Å²) in [5, 5.41) is 0.618. The second-order valence-corrected chi connectivity index (χ2v) is 8.55. The SMILES string of the molecule is CC(C)(C)CC(=O)CCCc1nc2cc(Cl)cnc2n1C1CCC1. The summed E-state index contributed by atoms with van der Waals surface area (Å²) in [6.07, 6.45) is 8.26. The van der Waals surface area contributed by atoms with E-state index in [1.54, 1.807) is 6.20 Å². The van der Waals surface area contributed by atoms with Gasteiger partial charge in [-0.15, -0.1) is 0 Å². The molecule has 5 heteroatoms. The van der Waals surface area contributed by atoms with Crippen LogP contribution in [0.15, 0.2) is 12.3 Å². The lowest BCUT2D eigenvalue weighted by Gasteiger charge is -2.28. The van der Waals surface area contributed by atoms with Gasteiger partial charge in [-0.2, -0.15) is 0 Å². The fourth-order valence-electron chi connectivity index (χ4n) is 3.33. The minimum atomic E-state index is 0.0663. The number of fused-ring (bicyclic) bond motifs is 1. The molecule has 0 atom stereocenters. The molecule has 0 amide bonds. The van der Waals surface area contributed by atoms with Crippen LogP contribution in [-0.4, -0.2) is 20.3 Å². The van der Waals surface area contributed by atoms with E-state index in [-0.39, 0.29) is 5.41 Å². The number of rotatable bonds is 6. The Morgan fingerprint density at radius 3 is 2.75 bits per heavy atom. The van der Waals surface area contributed by atoms with Gasteiger partial charge in [0.05, 0.1) is 5.02 Å². The molecule has 0 aliphatic heterocycles. The first-order valence-corrected chi connectivity index (χ1v) is 9.25. The monoisotopic (exact) mass is 347 g/mol. The highest BCUT2D eigenvalue weighted by Crippen LogP contribution is 2.35. The number of carbonyl (C=O) groups excluding carboxylic acids is 1. The lowest BCUT2D eigenvalue weighted by Crippen LogP contribution is -2.20. The molecule has 1 saturated carbocycles. The first-order chi connectivity index (χ1) is 11.3. The molecule has 130 valence electrons. The maximum absolute atomic E-state index is 12.1. The molecular weight excluding hydrogens is 322 g/mol. The van der Waals surface area contributed by atoms with Gasteiger partial charge < -0.3 is 4.57 Å². The molecule has 0 unspecified atom stereocenters. The predicted molar refractivity (Wildman–Crippen MR) is 97.4 cm³/mol. The molecule has 0 saturated heterocycles. The molecule has 2 heterocycles. The number of imidazole rings is 1. The van der Waals surface area contributed by atoms with Crippen LogP contribution in [-0.2, 0) is 11.2 Å². The van der Waals surface area contributed by atoms with Crippen molar-refractivity contribution >= 4 is 28.5 Å². The standard InChI is InChI=1S/C19H26ClN3O/c1-19(2,3)11-15(24)8-5-9-17-22-16-10-13(20)12-21-18(16)23(17)14-6-4-7-14/h10,12,14H,4-9,11H2,1-3H3. The normalized spacial score (nSPS) is 15.7. The number of Topliss-reactive ketones (excluding diaryl/α,β-unsaturated/α-hetero) is 1. The third-order valence-electron chi connectivity index (χ3n) is 4.59. The fraction of sp³-hybridized carbons (Fsp3) is 0.632. The van der Waals surface area contributed by atoms with Gasteiger partial charge in [-0.3, -0.25) is 4.79 Å². The zero-order valence-electron chi connectivity index (χ0n) is 14.8. The lowest BCUT2D eigenvalue weighted by atomic mass is 9.88.